The van der Waals surface area contributed by atoms with Crippen LogP contribution in [0.3, 0.4) is 0 Å². The molecule has 0 spiro atoms. The molecular weight excluding hydrogens is 272 g/mol. The molecule has 4 heteroatoms. The standard InChI is InChI=1S/C15H16N2S2/c1-11-6-5-7-12(10-11)16-15(18)17-13-8-3-4-9-14(13)19-2/h3-10H,1-2H3,(H2,16,17,18). The first-order valence-electron chi connectivity index (χ1n) is 5.97. The molecular formula is C15H16N2S2. The van der Waals surface area contributed by atoms with E-state index in [-0.39, 0.29) is 0 Å². The first-order chi connectivity index (χ1) is 9.19. The van der Waals surface area contributed by atoms with Crippen LogP contribution in [-0.2, 0) is 0 Å². The van der Waals surface area contributed by atoms with Gasteiger partial charge in [-0.3, -0.25) is 0 Å². The normalized spacial score (nSPS) is 10.0. The van der Waals surface area contributed by atoms with Crippen molar-refractivity contribution in [3.63, 3.8) is 0 Å². The third-order valence-electron chi connectivity index (χ3n) is 2.63. The van der Waals surface area contributed by atoms with E-state index in [1.54, 1.807) is 11.8 Å². The van der Waals surface area contributed by atoms with E-state index in [0.29, 0.717) is 5.11 Å². The van der Waals surface area contributed by atoms with E-state index >= 15 is 0 Å². The Balaban J connectivity index is 2.05. The van der Waals surface area contributed by atoms with Crippen molar-refractivity contribution in [2.75, 3.05) is 16.9 Å². The van der Waals surface area contributed by atoms with Gasteiger partial charge < -0.3 is 10.6 Å². The lowest BCUT2D eigenvalue weighted by atomic mass is 10.2. The number of aryl methyl sites for hydroxylation is 1. The molecule has 0 saturated carbocycles. The van der Waals surface area contributed by atoms with Crippen molar-refractivity contribution in [3.05, 3.63) is 54.1 Å². The molecule has 0 aliphatic heterocycles. The number of hydrogen-bond acceptors (Lipinski definition) is 2. The minimum atomic E-state index is 0.604. The van der Waals surface area contributed by atoms with Crippen LogP contribution in [0, 0.1) is 6.92 Å². The summed E-state index contributed by atoms with van der Waals surface area (Å²) in [5.74, 6) is 0. The molecule has 2 N–H and O–H groups in total. The fourth-order valence-electron chi connectivity index (χ4n) is 1.76. The molecule has 0 radical (unpaired) electrons. The van der Waals surface area contributed by atoms with Gasteiger partial charge in [0.15, 0.2) is 5.11 Å². The second kappa shape index (κ2) is 6.59. The minimum absolute atomic E-state index is 0.604. The second-order valence-corrected chi connectivity index (χ2v) is 5.41. The zero-order valence-corrected chi connectivity index (χ0v) is 12.6. The highest BCUT2D eigenvalue weighted by Gasteiger charge is 2.03. The molecule has 19 heavy (non-hydrogen) atoms. The van der Waals surface area contributed by atoms with Crippen LogP contribution in [0.15, 0.2) is 53.4 Å². The van der Waals surface area contributed by atoms with Crippen molar-refractivity contribution in [1.29, 1.82) is 0 Å². The molecule has 2 aromatic carbocycles. The lowest BCUT2D eigenvalue weighted by molar-refractivity contribution is 1.44. The Kier molecular flexibility index (Phi) is 4.82. The molecule has 98 valence electrons. The molecule has 0 heterocycles. The molecule has 0 amide bonds. The van der Waals surface area contributed by atoms with Crippen LogP contribution < -0.4 is 10.6 Å². The smallest absolute Gasteiger partial charge is 0.175 e. The Morgan fingerprint density at radius 3 is 2.58 bits per heavy atom. The van der Waals surface area contributed by atoms with Crippen LogP contribution in [0.2, 0.25) is 0 Å². The number of para-hydroxylation sites is 1. The number of nitrogens with one attached hydrogen (secondary N) is 2. The molecule has 0 atom stereocenters. The lowest BCUT2D eigenvalue weighted by Gasteiger charge is -2.13. The van der Waals surface area contributed by atoms with Crippen LogP contribution in [0.5, 0.6) is 0 Å². The molecule has 0 fully saturated rings. The summed E-state index contributed by atoms with van der Waals surface area (Å²) in [6.45, 7) is 2.06. The van der Waals surface area contributed by atoms with E-state index in [9.17, 15) is 0 Å². The molecule has 2 aromatic rings. The monoisotopic (exact) mass is 288 g/mol. The topological polar surface area (TPSA) is 24.1 Å². The third kappa shape index (κ3) is 3.98. The third-order valence-corrected chi connectivity index (χ3v) is 3.63. The van der Waals surface area contributed by atoms with Gasteiger partial charge in [-0.25, -0.2) is 0 Å². The SMILES string of the molecule is CSc1ccccc1NC(=S)Nc1cccc(C)c1. The van der Waals surface area contributed by atoms with E-state index in [1.165, 1.54) is 10.5 Å². The van der Waals surface area contributed by atoms with Gasteiger partial charge in [0.2, 0.25) is 0 Å². The van der Waals surface area contributed by atoms with Gasteiger partial charge in [-0.05, 0) is 55.2 Å². The van der Waals surface area contributed by atoms with Crippen LogP contribution in [-0.4, -0.2) is 11.4 Å². The van der Waals surface area contributed by atoms with Crippen molar-refractivity contribution in [2.24, 2.45) is 0 Å². The molecule has 0 aliphatic carbocycles. The maximum Gasteiger partial charge on any atom is 0.175 e. The van der Waals surface area contributed by atoms with E-state index in [2.05, 4.69) is 42.0 Å². The lowest BCUT2D eigenvalue weighted by Crippen LogP contribution is -2.19. The van der Waals surface area contributed by atoms with E-state index in [0.717, 1.165) is 11.4 Å². The van der Waals surface area contributed by atoms with Crippen LogP contribution in [0.25, 0.3) is 0 Å². The summed E-state index contributed by atoms with van der Waals surface area (Å²) in [6.07, 6.45) is 2.05. The zero-order valence-electron chi connectivity index (χ0n) is 10.9. The number of rotatable bonds is 3. The predicted octanol–water partition coefficient (Wildman–Crippen LogP) is 4.53. The summed E-state index contributed by atoms with van der Waals surface area (Å²) in [4.78, 5) is 1.18. The maximum absolute atomic E-state index is 5.34. The Bertz CT molecular complexity index is 582. The molecule has 0 bridgehead atoms. The highest BCUT2D eigenvalue weighted by atomic mass is 32.2. The fourth-order valence-corrected chi connectivity index (χ4v) is 2.54. The summed E-state index contributed by atoms with van der Waals surface area (Å²) >= 11 is 7.03. The fraction of sp³-hybridized carbons (Fsp3) is 0.133. The van der Waals surface area contributed by atoms with E-state index < -0.39 is 0 Å². The Morgan fingerprint density at radius 1 is 1.05 bits per heavy atom. The molecule has 0 aromatic heterocycles. The van der Waals surface area contributed by atoms with Gasteiger partial charge in [-0.2, -0.15) is 0 Å². The summed E-state index contributed by atoms with van der Waals surface area (Å²) < 4.78 is 0. The summed E-state index contributed by atoms with van der Waals surface area (Å²) in [7, 11) is 0. The molecule has 2 nitrogen and oxygen atoms in total. The Morgan fingerprint density at radius 2 is 1.84 bits per heavy atom. The Labute approximate surface area is 123 Å². The molecule has 0 aliphatic rings. The van der Waals surface area contributed by atoms with Crippen LogP contribution in [0.1, 0.15) is 5.56 Å². The zero-order chi connectivity index (χ0) is 13.7. The van der Waals surface area contributed by atoms with Crippen molar-refractivity contribution >= 4 is 40.5 Å². The van der Waals surface area contributed by atoms with Gasteiger partial charge in [-0.1, -0.05) is 24.3 Å². The number of thioether (sulfide) groups is 1. The molecule has 0 unspecified atom stereocenters. The van der Waals surface area contributed by atoms with Gasteiger partial charge in [0.25, 0.3) is 0 Å². The first-order valence-corrected chi connectivity index (χ1v) is 7.60. The maximum atomic E-state index is 5.34. The van der Waals surface area contributed by atoms with E-state index in [1.807, 2.05) is 30.3 Å². The molecule has 0 saturated heterocycles. The minimum Gasteiger partial charge on any atom is -0.332 e. The number of hydrogen-bond donors (Lipinski definition) is 2. The summed E-state index contributed by atoms with van der Waals surface area (Å²) in [5, 5.41) is 7.03. The van der Waals surface area contributed by atoms with E-state index in [4.69, 9.17) is 12.2 Å². The van der Waals surface area contributed by atoms with Crippen LogP contribution in [0.4, 0.5) is 11.4 Å². The van der Waals surface area contributed by atoms with Gasteiger partial charge in [0.05, 0.1) is 5.69 Å². The van der Waals surface area contributed by atoms with Gasteiger partial charge in [0.1, 0.15) is 0 Å². The van der Waals surface area contributed by atoms with Crippen molar-refractivity contribution in [2.45, 2.75) is 11.8 Å². The highest BCUT2D eigenvalue weighted by molar-refractivity contribution is 7.98. The average molecular weight is 288 g/mol. The average Bonchev–Trinajstić information content (AvgIpc) is 2.39. The number of benzene rings is 2. The highest BCUT2D eigenvalue weighted by Crippen LogP contribution is 2.24. The van der Waals surface area contributed by atoms with Gasteiger partial charge in [0, 0.05) is 10.6 Å². The largest absolute Gasteiger partial charge is 0.332 e. The summed E-state index contributed by atoms with van der Waals surface area (Å²) in [6, 6.07) is 16.3. The predicted molar refractivity (Wildman–Crippen MR) is 89.2 cm³/mol. The Hall–Kier alpha value is -1.52. The quantitative estimate of drug-likeness (QED) is 0.640. The van der Waals surface area contributed by atoms with Crippen molar-refractivity contribution in [3.8, 4) is 0 Å². The number of thiocarbonyl (C=S) groups is 1. The van der Waals surface area contributed by atoms with Crippen molar-refractivity contribution < 1.29 is 0 Å². The van der Waals surface area contributed by atoms with Gasteiger partial charge in [-0.15, -0.1) is 11.8 Å². The van der Waals surface area contributed by atoms with Gasteiger partial charge >= 0.3 is 0 Å². The van der Waals surface area contributed by atoms with Crippen LogP contribution >= 0.6 is 24.0 Å². The molecule has 2 rings (SSSR count). The first kappa shape index (κ1) is 13.9. The summed E-state index contributed by atoms with van der Waals surface area (Å²) in [5.41, 5.74) is 3.23. The van der Waals surface area contributed by atoms with Crippen molar-refractivity contribution in [1.82, 2.24) is 0 Å². The number of anilines is 2. The second-order valence-electron chi connectivity index (χ2n) is 4.15.